The number of aliphatic carboxylic acids is 1. The first kappa shape index (κ1) is 11.4. The van der Waals surface area contributed by atoms with Crippen molar-refractivity contribution in [1.29, 1.82) is 0 Å². The fraction of sp³-hybridized carbons (Fsp3) is 0.818. The summed E-state index contributed by atoms with van der Waals surface area (Å²) in [6, 6.07) is 0. The summed E-state index contributed by atoms with van der Waals surface area (Å²) in [5, 5.41) is 8.46. The van der Waals surface area contributed by atoms with Crippen molar-refractivity contribution in [3.8, 4) is 0 Å². The Morgan fingerprint density at radius 2 is 1.94 bits per heavy atom. The van der Waals surface area contributed by atoms with Gasteiger partial charge in [0.1, 0.15) is 6.10 Å². The van der Waals surface area contributed by atoms with Crippen molar-refractivity contribution >= 4 is 11.9 Å². The van der Waals surface area contributed by atoms with Crippen molar-refractivity contribution < 1.29 is 19.4 Å². The SMILES string of the molecule is O=C(O)CCC(=O)O[C@H]1CN2CCC1CC2. The molecular weight excluding hydrogens is 210 g/mol. The highest BCUT2D eigenvalue weighted by atomic mass is 16.5. The number of hydrogen-bond donors (Lipinski definition) is 1. The summed E-state index contributed by atoms with van der Waals surface area (Å²) in [7, 11) is 0. The van der Waals surface area contributed by atoms with E-state index in [-0.39, 0.29) is 24.9 Å². The molecule has 16 heavy (non-hydrogen) atoms. The zero-order valence-corrected chi connectivity index (χ0v) is 9.22. The lowest BCUT2D eigenvalue weighted by Crippen LogP contribution is -2.51. The smallest absolute Gasteiger partial charge is 0.306 e. The van der Waals surface area contributed by atoms with Crippen molar-refractivity contribution in [3.63, 3.8) is 0 Å². The number of nitrogens with zero attached hydrogens (tertiary/aromatic N) is 1. The van der Waals surface area contributed by atoms with Gasteiger partial charge in [-0.15, -0.1) is 0 Å². The van der Waals surface area contributed by atoms with Crippen LogP contribution in [0.3, 0.4) is 0 Å². The van der Waals surface area contributed by atoms with Crippen LogP contribution in [0.2, 0.25) is 0 Å². The fourth-order valence-corrected chi connectivity index (χ4v) is 2.48. The van der Waals surface area contributed by atoms with E-state index in [1.54, 1.807) is 0 Å². The maximum absolute atomic E-state index is 11.4. The van der Waals surface area contributed by atoms with Gasteiger partial charge in [0.15, 0.2) is 0 Å². The minimum atomic E-state index is -0.953. The van der Waals surface area contributed by atoms with Crippen LogP contribution < -0.4 is 0 Å². The van der Waals surface area contributed by atoms with Crippen molar-refractivity contribution in [2.24, 2.45) is 5.92 Å². The van der Waals surface area contributed by atoms with Crippen LogP contribution in [-0.4, -0.2) is 47.7 Å². The van der Waals surface area contributed by atoms with Gasteiger partial charge in [0.2, 0.25) is 0 Å². The molecule has 0 unspecified atom stereocenters. The topological polar surface area (TPSA) is 66.8 Å². The van der Waals surface area contributed by atoms with Crippen molar-refractivity contribution in [2.75, 3.05) is 19.6 Å². The summed E-state index contributed by atoms with van der Waals surface area (Å²) >= 11 is 0. The molecule has 5 nitrogen and oxygen atoms in total. The van der Waals surface area contributed by atoms with Gasteiger partial charge in [0.25, 0.3) is 0 Å². The first-order valence-electron chi connectivity index (χ1n) is 5.79. The molecule has 0 spiro atoms. The third-order valence-electron chi connectivity index (χ3n) is 3.42. The summed E-state index contributed by atoms with van der Waals surface area (Å²) in [4.78, 5) is 24.0. The largest absolute Gasteiger partial charge is 0.481 e. The Balaban J connectivity index is 1.77. The van der Waals surface area contributed by atoms with Crippen LogP contribution >= 0.6 is 0 Å². The van der Waals surface area contributed by atoms with Crippen LogP contribution in [0.4, 0.5) is 0 Å². The Labute approximate surface area is 94.4 Å². The van der Waals surface area contributed by atoms with Gasteiger partial charge in [0, 0.05) is 6.54 Å². The Bertz CT molecular complexity index is 284. The number of ether oxygens (including phenoxy) is 1. The molecule has 0 aromatic heterocycles. The number of carbonyl (C=O) groups is 2. The number of carboxylic acid groups (broad SMARTS) is 1. The highest BCUT2D eigenvalue weighted by Crippen LogP contribution is 2.29. The number of piperidine rings is 3. The van der Waals surface area contributed by atoms with E-state index in [1.165, 1.54) is 0 Å². The van der Waals surface area contributed by atoms with E-state index in [9.17, 15) is 9.59 Å². The van der Waals surface area contributed by atoms with Crippen molar-refractivity contribution in [3.05, 3.63) is 0 Å². The second-order valence-corrected chi connectivity index (χ2v) is 4.56. The highest BCUT2D eigenvalue weighted by molar-refractivity contribution is 5.76. The van der Waals surface area contributed by atoms with Crippen LogP contribution in [0.5, 0.6) is 0 Å². The van der Waals surface area contributed by atoms with Gasteiger partial charge in [-0.1, -0.05) is 0 Å². The van der Waals surface area contributed by atoms with E-state index in [0.29, 0.717) is 5.92 Å². The molecule has 0 aliphatic carbocycles. The average molecular weight is 227 g/mol. The molecule has 0 amide bonds. The number of fused-ring (bicyclic) bond motifs is 3. The monoisotopic (exact) mass is 227 g/mol. The van der Waals surface area contributed by atoms with Crippen LogP contribution in [0.15, 0.2) is 0 Å². The summed E-state index contributed by atoms with van der Waals surface area (Å²) in [6.45, 7) is 3.03. The van der Waals surface area contributed by atoms with Gasteiger partial charge in [-0.2, -0.15) is 0 Å². The van der Waals surface area contributed by atoms with E-state index < -0.39 is 5.97 Å². The van der Waals surface area contributed by atoms with E-state index in [0.717, 1.165) is 32.5 Å². The summed E-state index contributed by atoms with van der Waals surface area (Å²) in [5.74, 6) is -0.842. The summed E-state index contributed by atoms with van der Waals surface area (Å²) in [6.07, 6.45) is 2.02. The molecule has 3 fully saturated rings. The molecule has 3 heterocycles. The molecule has 90 valence electrons. The lowest BCUT2D eigenvalue weighted by molar-refractivity contribution is -0.160. The molecule has 0 aromatic rings. The maximum atomic E-state index is 11.4. The van der Waals surface area contributed by atoms with Crippen molar-refractivity contribution in [1.82, 2.24) is 4.90 Å². The number of hydrogen-bond acceptors (Lipinski definition) is 4. The van der Waals surface area contributed by atoms with Gasteiger partial charge in [-0.25, -0.2) is 0 Å². The van der Waals surface area contributed by atoms with Crippen LogP contribution in [-0.2, 0) is 14.3 Å². The first-order valence-corrected chi connectivity index (χ1v) is 5.79. The second kappa shape index (κ2) is 4.82. The van der Waals surface area contributed by atoms with Crippen LogP contribution in [0, 0.1) is 5.92 Å². The zero-order chi connectivity index (χ0) is 11.5. The number of carbonyl (C=O) groups excluding carboxylic acids is 1. The van der Waals surface area contributed by atoms with E-state index in [2.05, 4.69) is 4.90 Å². The van der Waals surface area contributed by atoms with Gasteiger partial charge in [0.05, 0.1) is 12.8 Å². The Hall–Kier alpha value is -1.10. The number of carboxylic acids is 1. The van der Waals surface area contributed by atoms with E-state index in [4.69, 9.17) is 9.84 Å². The minimum Gasteiger partial charge on any atom is -0.481 e. The van der Waals surface area contributed by atoms with Gasteiger partial charge in [-0.3, -0.25) is 14.5 Å². The Morgan fingerprint density at radius 1 is 1.25 bits per heavy atom. The van der Waals surface area contributed by atoms with E-state index in [1.807, 2.05) is 0 Å². The molecule has 0 saturated carbocycles. The van der Waals surface area contributed by atoms with Gasteiger partial charge >= 0.3 is 11.9 Å². The average Bonchev–Trinajstić information content (AvgIpc) is 2.28. The molecule has 5 heteroatoms. The van der Waals surface area contributed by atoms with Gasteiger partial charge < -0.3 is 9.84 Å². The predicted octanol–water partition coefficient (Wildman–Crippen LogP) is 0.489. The summed E-state index contributed by atoms with van der Waals surface area (Å²) in [5.41, 5.74) is 0. The second-order valence-electron chi connectivity index (χ2n) is 4.56. The van der Waals surface area contributed by atoms with Crippen LogP contribution in [0.1, 0.15) is 25.7 Å². The molecule has 1 N–H and O–H groups in total. The molecule has 3 aliphatic rings. The summed E-state index contributed by atoms with van der Waals surface area (Å²) < 4.78 is 5.33. The standard InChI is InChI=1S/C11H17NO4/c13-10(14)1-2-11(15)16-9-7-12-5-3-8(9)4-6-12/h8-9H,1-7H2,(H,13,14)/t9-/m0/s1. The maximum Gasteiger partial charge on any atom is 0.306 e. The highest BCUT2D eigenvalue weighted by Gasteiger charge is 2.36. The molecule has 0 radical (unpaired) electrons. The number of esters is 1. The lowest BCUT2D eigenvalue weighted by atomic mass is 9.86. The third-order valence-corrected chi connectivity index (χ3v) is 3.42. The molecule has 0 aromatic carbocycles. The van der Waals surface area contributed by atoms with Crippen molar-refractivity contribution in [2.45, 2.75) is 31.8 Å². The zero-order valence-electron chi connectivity index (χ0n) is 9.22. The molecule has 3 saturated heterocycles. The van der Waals surface area contributed by atoms with Gasteiger partial charge in [-0.05, 0) is 31.8 Å². The normalized spacial score (nSPS) is 32.4. The Morgan fingerprint density at radius 3 is 2.44 bits per heavy atom. The van der Waals surface area contributed by atoms with E-state index >= 15 is 0 Å². The molecule has 3 rings (SSSR count). The third kappa shape index (κ3) is 2.72. The Kier molecular flexibility index (Phi) is 3.43. The van der Waals surface area contributed by atoms with Crippen LogP contribution in [0.25, 0.3) is 0 Å². The predicted molar refractivity (Wildman–Crippen MR) is 55.9 cm³/mol. The molecule has 2 bridgehead atoms. The molecular formula is C11H17NO4. The fourth-order valence-electron chi connectivity index (χ4n) is 2.48. The lowest BCUT2D eigenvalue weighted by Gasteiger charge is -2.43. The first-order chi connectivity index (χ1) is 7.65. The quantitative estimate of drug-likeness (QED) is 0.708. The minimum absolute atomic E-state index is 0.0104. The molecule has 3 aliphatic heterocycles. The molecule has 1 atom stereocenters. The number of rotatable bonds is 4.